The maximum Gasteiger partial charge on any atom is 0.256 e. The lowest BCUT2D eigenvalue weighted by Gasteiger charge is -2.09. The zero-order chi connectivity index (χ0) is 14.5. The highest BCUT2D eigenvalue weighted by Crippen LogP contribution is 2.23. The highest BCUT2D eigenvalue weighted by molar-refractivity contribution is 7.10. The number of aryl methyl sites for hydroxylation is 1. The number of carbonyl (C=O) groups excluding carboxylic acids is 1. The van der Waals surface area contributed by atoms with E-state index < -0.39 is 0 Å². The first kappa shape index (κ1) is 14.3. The molecule has 7 heteroatoms. The van der Waals surface area contributed by atoms with Gasteiger partial charge in [-0.05, 0) is 24.5 Å². The van der Waals surface area contributed by atoms with Gasteiger partial charge in [-0.1, -0.05) is 6.07 Å². The number of ether oxygens (including phenoxy) is 1. The van der Waals surface area contributed by atoms with Crippen molar-refractivity contribution in [2.24, 2.45) is 0 Å². The molecule has 6 nitrogen and oxygen atoms in total. The maximum absolute atomic E-state index is 12.2. The predicted octanol–water partition coefficient (Wildman–Crippen LogP) is 1.83. The molecular formula is C13H16N4O2S. The van der Waals surface area contributed by atoms with Crippen molar-refractivity contribution in [3.05, 3.63) is 35.2 Å². The van der Waals surface area contributed by atoms with Crippen molar-refractivity contribution in [2.45, 2.75) is 13.5 Å². The topological polar surface area (TPSA) is 76.1 Å². The number of carbonyl (C=O) groups is 1. The van der Waals surface area contributed by atoms with Crippen LogP contribution in [0.4, 0.5) is 5.00 Å². The highest BCUT2D eigenvalue weighted by atomic mass is 32.1. The number of nitrogens with zero attached hydrogens (tertiary/aromatic N) is 2. The van der Waals surface area contributed by atoms with Gasteiger partial charge in [0.05, 0.1) is 18.4 Å². The number of aromatic nitrogens is 2. The van der Waals surface area contributed by atoms with E-state index in [-0.39, 0.29) is 5.91 Å². The van der Waals surface area contributed by atoms with Crippen LogP contribution in [-0.2, 0) is 6.54 Å². The minimum atomic E-state index is -0.161. The van der Waals surface area contributed by atoms with Crippen LogP contribution < -0.4 is 15.4 Å². The van der Waals surface area contributed by atoms with E-state index in [1.165, 1.54) is 11.5 Å². The number of pyridine rings is 1. The molecule has 20 heavy (non-hydrogen) atoms. The Balaban J connectivity index is 2.11. The molecule has 2 aromatic heterocycles. The van der Waals surface area contributed by atoms with Crippen LogP contribution in [0.2, 0.25) is 0 Å². The molecule has 2 N–H and O–H groups in total. The Kier molecular flexibility index (Phi) is 4.52. The largest absolute Gasteiger partial charge is 0.481 e. The maximum atomic E-state index is 12.2. The molecule has 2 heterocycles. The van der Waals surface area contributed by atoms with E-state index in [9.17, 15) is 4.79 Å². The molecule has 0 saturated heterocycles. The van der Waals surface area contributed by atoms with Crippen molar-refractivity contribution < 1.29 is 9.53 Å². The molecule has 0 aliphatic rings. The summed E-state index contributed by atoms with van der Waals surface area (Å²) in [4.78, 5) is 16.3. The van der Waals surface area contributed by atoms with E-state index in [4.69, 9.17) is 4.74 Å². The Labute approximate surface area is 121 Å². The van der Waals surface area contributed by atoms with Gasteiger partial charge in [0.2, 0.25) is 5.88 Å². The molecule has 0 bridgehead atoms. The molecule has 2 aromatic rings. The summed E-state index contributed by atoms with van der Waals surface area (Å²) in [5.41, 5.74) is 2.13. The molecule has 0 aromatic carbocycles. The summed E-state index contributed by atoms with van der Waals surface area (Å²) < 4.78 is 9.33. The smallest absolute Gasteiger partial charge is 0.256 e. The standard InChI is InChI=1S/C13H16N4O2S/c1-8-10(13(14-2)20-17-8)11(18)16-7-9-5-4-6-15-12(9)19-3/h4-6,14H,7H2,1-3H3,(H,16,18). The molecule has 1 amide bonds. The van der Waals surface area contributed by atoms with Crippen LogP contribution in [0, 0.1) is 6.92 Å². The van der Waals surface area contributed by atoms with E-state index in [1.807, 2.05) is 13.0 Å². The van der Waals surface area contributed by atoms with Gasteiger partial charge in [0, 0.05) is 25.4 Å². The third-order valence-corrected chi connectivity index (χ3v) is 3.76. The molecule has 0 aliphatic carbocycles. The van der Waals surface area contributed by atoms with Crippen LogP contribution >= 0.6 is 11.5 Å². The molecule has 0 fully saturated rings. The van der Waals surface area contributed by atoms with Gasteiger partial charge in [0.15, 0.2) is 0 Å². The fourth-order valence-corrected chi connectivity index (χ4v) is 2.56. The minimum Gasteiger partial charge on any atom is -0.481 e. The Morgan fingerprint density at radius 1 is 1.50 bits per heavy atom. The van der Waals surface area contributed by atoms with E-state index in [1.54, 1.807) is 26.4 Å². The number of amides is 1. The average molecular weight is 292 g/mol. The molecule has 0 saturated carbocycles. The first-order valence-electron chi connectivity index (χ1n) is 6.07. The van der Waals surface area contributed by atoms with Crippen LogP contribution in [0.5, 0.6) is 5.88 Å². The second-order valence-corrected chi connectivity index (χ2v) is 4.85. The highest BCUT2D eigenvalue weighted by Gasteiger charge is 2.17. The number of nitrogens with one attached hydrogen (secondary N) is 2. The van der Waals surface area contributed by atoms with Crippen LogP contribution in [0.1, 0.15) is 21.6 Å². The fraction of sp³-hybridized carbons (Fsp3) is 0.308. The van der Waals surface area contributed by atoms with Gasteiger partial charge in [-0.2, -0.15) is 4.37 Å². The fourth-order valence-electron chi connectivity index (χ4n) is 1.81. The van der Waals surface area contributed by atoms with E-state index in [2.05, 4.69) is 20.0 Å². The SMILES string of the molecule is CNc1snc(C)c1C(=O)NCc1cccnc1OC. The average Bonchev–Trinajstić information content (AvgIpc) is 2.86. The monoisotopic (exact) mass is 292 g/mol. The number of rotatable bonds is 5. The Morgan fingerprint density at radius 2 is 2.30 bits per heavy atom. The lowest BCUT2D eigenvalue weighted by Crippen LogP contribution is -2.24. The van der Waals surface area contributed by atoms with Gasteiger partial charge in [-0.25, -0.2) is 4.98 Å². The summed E-state index contributed by atoms with van der Waals surface area (Å²) in [6, 6.07) is 3.67. The number of anilines is 1. The molecule has 0 unspecified atom stereocenters. The molecule has 0 atom stereocenters. The van der Waals surface area contributed by atoms with Crippen molar-refractivity contribution in [1.82, 2.24) is 14.7 Å². The number of hydrogen-bond acceptors (Lipinski definition) is 6. The van der Waals surface area contributed by atoms with Crippen molar-refractivity contribution in [3.63, 3.8) is 0 Å². The number of hydrogen-bond donors (Lipinski definition) is 2. The van der Waals surface area contributed by atoms with Gasteiger partial charge in [-0.3, -0.25) is 4.79 Å². The Morgan fingerprint density at radius 3 is 3.00 bits per heavy atom. The molecule has 0 spiro atoms. The minimum absolute atomic E-state index is 0.161. The normalized spacial score (nSPS) is 10.2. The number of methoxy groups -OCH3 is 1. The first-order valence-corrected chi connectivity index (χ1v) is 6.84. The Bertz CT molecular complexity index is 612. The summed E-state index contributed by atoms with van der Waals surface area (Å²) in [7, 11) is 3.33. The summed E-state index contributed by atoms with van der Waals surface area (Å²) in [5, 5.41) is 6.60. The Hall–Kier alpha value is -2.15. The lowest BCUT2D eigenvalue weighted by molar-refractivity contribution is 0.0951. The van der Waals surface area contributed by atoms with E-state index in [0.717, 1.165) is 16.3 Å². The van der Waals surface area contributed by atoms with Crippen molar-refractivity contribution in [1.29, 1.82) is 0 Å². The molecule has 0 radical (unpaired) electrons. The summed E-state index contributed by atoms with van der Waals surface area (Å²) in [5.74, 6) is 0.355. The van der Waals surface area contributed by atoms with Crippen molar-refractivity contribution >= 4 is 22.4 Å². The van der Waals surface area contributed by atoms with E-state index in [0.29, 0.717) is 18.0 Å². The van der Waals surface area contributed by atoms with Crippen LogP contribution in [-0.4, -0.2) is 29.4 Å². The second-order valence-electron chi connectivity index (χ2n) is 4.08. The third kappa shape index (κ3) is 2.88. The first-order chi connectivity index (χ1) is 9.67. The predicted molar refractivity (Wildman–Crippen MR) is 78.4 cm³/mol. The molecule has 106 valence electrons. The van der Waals surface area contributed by atoms with Crippen molar-refractivity contribution in [2.75, 3.05) is 19.5 Å². The van der Waals surface area contributed by atoms with Gasteiger partial charge < -0.3 is 15.4 Å². The zero-order valence-corrected chi connectivity index (χ0v) is 12.4. The van der Waals surface area contributed by atoms with Gasteiger partial charge >= 0.3 is 0 Å². The van der Waals surface area contributed by atoms with Gasteiger partial charge in [0.1, 0.15) is 5.00 Å². The second kappa shape index (κ2) is 6.33. The van der Waals surface area contributed by atoms with Gasteiger partial charge in [0.25, 0.3) is 5.91 Å². The van der Waals surface area contributed by atoms with Gasteiger partial charge in [-0.15, -0.1) is 0 Å². The molecule has 2 rings (SSSR count). The zero-order valence-electron chi connectivity index (χ0n) is 11.6. The summed E-state index contributed by atoms with van der Waals surface area (Å²) in [6.07, 6.45) is 1.65. The van der Waals surface area contributed by atoms with Crippen LogP contribution in [0.3, 0.4) is 0 Å². The van der Waals surface area contributed by atoms with Crippen LogP contribution in [0.25, 0.3) is 0 Å². The summed E-state index contributed by atoms with van der Waals surface area (Å²) >= 11 is 1.27. The van der Waals surface area contributed by atoms with E-state index >= 15 is 0 Å². The molecular weight excluding hydrogens is 276 g/mol. The van der Waals surface area contributed by atoms with Crippen LogP contribution in [0.15, 0.2) is 18.3 Å². The third-order valence-electron chi connectivity index (χ3n) is 2.80. The quantitative estimate of drug-likeness (QED) is 0.879. The lowest BCUT2D eigenvalue weighted by atomic mass is 10.2. The molecule has 0 aliphatic heterocycles. The van der Waals surface area contributed by atoms with Crippen molar-refractivity contribution in [3.8, 4) is 5.88 Å². The summed E-state index contributed by atoms with van der Waals surface area (Å²) in [6.45, 7) is 2.17.